The minimum atomic E-state index is 0.196. The van der Waals surface area contributed by atoms with Crippen LogP contribution < -0.4 is 5.73 Å². The summed E-state index contributed by atoms with van der Waals surface area (Å²) in [5.41, 5.74) is 7.75. The van der Waals surface area contributed by atoms with Crippen molar-refractivity contribution in [2.45, 2.75) is 19.4 Å². The average Bonchev–Trinajstić information content (AvgIpc) is 2.17. The molecule has 12 heavy (non-hydrogen) atoms. The molecule has 0 radical (unpaired) electrons. The topological polar surface area (TPSA) is 46.2 Å². The smallest absolute Gasteiger partial charge is 0.0497 e. The molecule has 3 N–H and O–H groups in total. The first-order chi connectivity index (χ1) is 5.77. The van der Waals surface area contributed by atoms with Gasteiger partial charge in [-0.15, -0.1) is 0 Å². The predicted octanol–water partition coefficient (Wildman–Crippen LogP) is 1.24. The Kier molecular flexibility index (Phi) is 3.26. The Morgan fingerprint density at radius 2 is 1.92 bits per heavy atom. The molecule has 0 heterocycles. The highest BCUT2D eigenvalue weighted by Gasteiger charge is 2.02. The number of rotatable bonds is 3. The summed E-state index contributed by atoms with van der Waals surface area (Å²) in [6, 6.07) is 8.04. The Labute approximate surface area is 73.0 Å². The van der Waals surface area contributed by atoms with E-state index in [2.05, 4.69) is 0 Å². The first kappa shape index (κ1) is 9.23. The van der Waals surface area contributed by atoms with E-state index in [1.807, 2.05) is 31.2 Å². The van der Waals surface area contributed by atoms with Gasteiger partial charge < -0.3 is 10.8 Å². The van der Waals surface area contributed by atoms with Crippen molar-refractivity contribution >= 4 is 0 Å². The Hall–Kier alpha value is -0.860. The van der Waals surface area contributed by atoms with E-state index in [9.17, 15) is 0 Å². The molecule has 2 nitrogen and oxygen atoms in total. The van der Waals surface area contributed by atoms with Crippen molar-refractivity contribution in [1.29, 1.82) is 0 Å². The molecule has 0 fully saturated rings. The maximum atomic E-state index is 8.89. The summed E-state index contributed by atoms with van der Waals surface area (Å²) in [6.07, 6.45) is 0. The van der Waals surface area contributed by atoms with Gasteiger partial charge >= 0.3 is 0 Å². The monoisotopic (exact) mass is 165 g/mol. The van der Waals surface area contributed by atoms with Crippen LogP contribution in [0.1, 0.15) is 24.0 Å². The summed E-state index contributed by atoms with van der Waals surface area (Å²) >= 11 is 0. The van der Waals surface area contributed by atoms with Crippen molar-refractivity contribution in [3.63, 3.8) is 0 Å². The summed E-state index contributed by atoms with van der Waals surface area (Å²) in [5, 5.41) is 8.89. The van der Waals surface area contributed by atoms with E-state index in [-0.39, 0.29) is 12.5 Å². The van der Waals surface area contributed by atoms with Gasteiger partial charge in [-0.2, -0.15) is 0 Å². The molecule has 0 aliphatic rings. The number of hydrogen-bond donors (Lipinski definition) is 2. The van der Waals surface area contributed by atoms with Gasteiger partial charge in [0.25, 0.3) is 0 Å². The lowest BCUT2D eigenvalue weighted by atomic mass is 10.0. The highest BCUT2D eigenvalue weighted by molar-refractivity contribution is 5.24. The van der Waals surface area contributed by atoms with Crippen LogP contribution in [0.2, 0.25) is 0 Å². The second-order valence-electron chi connectivity index (χ2n) is 3.03. The molecule has 0 spiro atoms. The Morgan fingerprint density at radius 3 is 2.33 bits per heavy atom. The molecule has 0 amide bonds. The lowest BCUT2D eigenvalue weighted by Crippen LogP contribution is -2.00. The van der Waals surface area contributed by atoms with Gasteiger partial charge in [0, 0.05) is 19.1 Å². The third-order valence-corrected chi connectivity index (χ3v) is 2.06. The summed E-state index contributed by atoms with van der Waals surface area (Å²) < 4.78 is 0. The molecule has 0 saturated carbocycles. The fraction of sp³-hybridized carbons (Fsp3) is 0.400. The third kappa shape index (κ3) is 2.06. The predicted molar refractivity (Wildman–Crippen MR) is 49.8 cm³/mol. The SMILES string of the molecule is CC(CO)c1ccc(CN)cc1. The van der Waals surface area contributed by atoms with E-state index < -0.39 is 0 Å². The van der Waals surface area contributed by atoms with Crippen LogP contribution in [0.15, 0.2) is 24.3 Å². The van der Waals surface area contributed by atoms with Crippen LogP contribution in [0.5, 0.6) is 0 Å². The molecule has 1 unspecified atom stereocenters. The van der Waals surface area contributed by atoms with Crippen molar-refractivity contribution in [1.82, 2.24) is 0 Å². The molecule has 2 heteroatoms. The number of nitrogens with two attached hydrogens (primary N) is 1. The van der Waals surface area contributed by atoms with E-state index in [0.29, 0.717) is 6.54 Å². The molecule has 0 aliphatic carbocycles. The fourth-order valence-corrected chi connectivity index (χ4v) is 1.09. The van der Waals surface area contributed by atoms with Crippen molar-refractivity contribution in [2.75, 3.05) is 6.61 Å². The molecule has 0 saturated heterocycles. The van der Waals surface area contributed by atoms with Gasteiger partial charge in [-0.1, -0.05) is 31.2 Å². The Balaban J connectivity index is 2.77. The molecule has 0 aromatic heterocycles. The average molecular weight is 165 g/mol. The van der Waals surface area contributed by atoms with E-state index in [0.717, 1.165) is 11.1 Å². The zero-order valence-corrected chi connectivity index (χ0v) is 7.33. The lowest BCUT2D eigenvalue weighted by Gasteiger charge is -2.08. The fourth-order valence-electron chi connectivity index (χ4n) is 1.09. The molecule has 0 aliphatic heterocycles. The maximum Gasteiger partial charge on any atom is 0.0497 e. The van der Waals surface area contributed by atoms with E-state index >= 15 is 0 Å². The van der Waals surface area contributed by atoms with Gasteiger partial charge in [-0.3, -0.25) is 0 Å². The van der Waals surface area contributed by atoms with Crippen molar-refractivity contribution in [3.05, 3.63) is 35.4 Å². The van der Waals surface area contributed by atoms with E-state index in [1.54, 1.807) is 0 Å². The van der Waals surface area contributed by atoms with Crippen molar-refractivity contribution in [2.24, 2.45) is 5.73 Å². The summed E-state index contributed by atoms with van der Waals surface area (Å²) in [5.74, 6) is 0.219. The lowest BCUT2D eigenvalue weighted by molar-refractivity contribution is 0.273. The second kappa shape index (κ2) is 4.24. The molecule has 1 atom stereocenters. The first-order valence-corrected chi connectivity index (χ1v) is 4.17. The summed E-state index contributed by atoms with van der Waals surface area (Å²) in [4.78, 5) is 0. The molecule has 66 valence electrons. The van der Waals surface area contributed by atoms with E-state index in [4.69, 9.17) is 10.8 Å². The van der Waals surface area contributed by atoms with Gasteiger partial charge in [0.1, 0.15) is 0 Å². The maximum absolute atomic E-state index is 8.89. The minimum Gasteiger partial charge on any atom is -0.396 e. The zero-order chi connectivity index (χ0) is 8.97. The van der Waals surface area contributed by atoms with Crippen molar-refractivity contribution in [3.8, 4) is 0 Å². The van der Waals surface area contributed by atoms with Crippen molar-refractivity contribution < 1.29 is 5.11 Å². The third-order valence-electron chi connectivity index (χ3n) is 2.06. The van der Waals surface area contributed by atoms with Crippen LogP contribution in [0.3, 0.4) is 0 Å². The minimum absolute atomic E-state index is 0.196. The number of hydrogen-bond acceptors (Lipinski definition) is 2. The molecular weight excluding hydrogens is 150 g/mol. The van der Waals surface area contributed by atoms with E-state index in [1.165, 1.54) is 0 Å². The number of aliphatic hydroxyl groups excluding tert-OH is 1. The molecule has 0 bridgehead atoms. The molecular formula is C10H15NO. The highest BCUT2D eigenvalue weighted by atomic mass is 16.3. The van der Waals surface area contributed by atoms with Crippen LogP contribution in [-0.4, -0.2) is 11.7 Å². The van der Waals surface area contributed by atoms with Crippen LogP contribution in [0, 0.1) is 0 Å². The largest absolute Gasteiger partial charge is 0.396 e. The zero-order valence-electron chi connectivity index (χ0n) is 7.33. The molecule has 1 aromatic rings. The van der Waals surface area contributed by atoms with Gasteiger partial charge in [-0.25, -0.2) is 0 Å². The van der Waals surface area contributed by atoms with Gasteiger partial charge in [0.2, 0.25) is 0 Å². The van der Waals surface area contributed by atoms with Crippen LogP contribution in [0.25, 0.3) is 0 Å². The number of benzene rings is 1. The quantitative estimate of drug-likeness (QED) is 0.708. The number of aliphatic hydroxyl groups is 1. The summed E-state index contributed by atoms with van der Waals surface area (Å²) in [7, 11) is 0. The molecule has 1 aromatic carbocycles. The van der Waals surface area contributed by atoms with Crippen LogP contribution >= 0.6 is 0 Å². The van der Waals surface area contributed by atoms with Crippen LogP contribution in [0.4, 0.5) is 0 Å². The van der Waals surface area contributed by atoms with Gasteiger partial charge in [-0.05, 0) is 11.1 Å². The van der Waals surface area contributed by atoms with Gasteiger partial charge in [0.15, 0.2) is 0 Å². The van der Waals surface area contributed by atoms with Crippen LogP contribution in [-0.2, 0) is 6.54 Å². The standard InChI is InChI=1S/C10H15NO/c1-8(7-12)10-4-2-9(6-11)3-5-10/h2-5,8,12H,6-7,11H2,1H3. The second-order valence-corrected chi connectivity index (χ2v) is 3.03. The van der Waals surface area contributed by atoms with Gasteiger partial charge in [0.05, 0.1) is 0 Å². The normalized spacial score (nSPS) is 12.9. The Morgan fingerprint density at radius 1 is 1.33 bits per heavy atom. The highest BCUT2D eigenvalue weighted by Crippen LogP contribution is 2.14. The first-order valence-electron chi connectivity index (χ1n) is 4.17. The molecule has 1 rings (SSSR count). The Bertz CT molecular complexity index is 230. The summed E-state index contributed by atoms with van der Waals surface area (Å²) in [6.45, 7) is 2.77.